The van der Waals surface area contributed by atoms with Crippen molar-refractivity contribution in [1.82, 2.24) is 10.3 Å². The van der Waals surface area contributed by atoms with Gasteiger partial charge in [0.05, 0.1) is 11.5 Å². The van der Waals surface area contributed by atoms with Crippen molar-refractivity contribution in [3.8, 4) is 0 Å². The number of sulfone groups is 1. The van der Waals surface area contributed by atoms with Crippen LogP contribution in [0.2, 0.25) is 0 Å². The second kappa shape index (κ2) is 5.93. The van der Waals surface area contributed by atoms with E-state index < -0.39 is 9.84 Å². The highest BCUT2D eigenvalue weighted by Crippen LogP contribution is 2.21. The summed E-state index contributed by atoms with van der Waals surface area (Å²) in [5.41, 5.74) is 1.20. The van der Waals surface area contributed by atoms with Crippen LogP contribution < -0.4 is 10.2 Å². The Morgan fingerprint density at radius 2 is 2.10 bits per heavy atom. The van der Waals surface area contributed by atoms with Crippen molar-refractivity contribution >= 4 is 15.7 Å². The van der Waals surface area contributed by atoms with Gasteiger partial charge in [-0.05, 0) is 38.8 Å². The molecule has 0 aliphatic carbocycles. The minimum absolute atomic E-state index is 0.0426. The summed E-state index contributed by atoms with van der Waals surface area (Å²) in [6, 6.07) is 4.05. The average Bonchev–Trinajstić information content (AvgIpc) is 2.76. The first-order valence-electron chi connectivity index (χ1n) is 7.29. The smallest absolute Gasteiger partial charge is 0.152 e. The van der Waals surface area contributed by atoms with Gasteiger partial charge >= 0.3 is 0 Å². The molecule has 2 heterocycles. The molecule has 0 spiro atoms. The fourth-order valence-electron chi connectivity index (χ4n) is 2.37. The molecular formula is C15H25N3O2S. The predicted molar refractivity (Wildman–Crippen MR) is 86.3 cm³/mol. The zero-order valence-corrected chi connectivity index (χ0v) is 14.1. The van der Waals surface area contributed by atoms with Crippen LogP contribution >= 0.6 is 0 Å². The molecule has 5 nitrogen and oxygen atoms in total. The van der Waals surface area contributed by atoms with E-state index in [0.717, 1.165) is 17.9 Å². The van der Waals surface area contributed by atoms with E-state index in [1.165, 1.54) is 0 Å². The van der Waals surface area contributed by atoms with Crippen molar-refractivity contribution < 1.29 is 8.42 Å². The molecule has 0 saturated carbocycles. The minimum Gasteiger partial charge on any atom is -0.356 e. The summed E-state index contributed by atoms with van der Waals surface area (Å²) in [4.78, 5) is 6.44. The Hall–Kier alpha value is -1.14. The monoisotopic (exact) mass is 311 g/mol. The van der Waals surface area contributed by atoms with E-state index in [1.54, 1.807) is 0 Å². The normalized spacial score (nSPS) is 21.4. The summed E-state index contributed by atoms with van der Waals surface area (Å²) in [6.45, 7) is 7.16. The lowest BCUT2D eigenvalue weighted by Gasteiger charge is -2.25. The second-order valence-corrected chi connectivity index (χ2v) is 9.02. The number of pyridine rings is 1. The number of hydrogen-bond donors (Lipinski definition) is 1. The van der Waals surface area contributed by atoms with E-state index in [0.29, 0.717) is 6.42 Å². The Labute approximate surface area is 127 Å². The van der Waals surface area contributed by atoms with Crippen LogP contribution in [0.3, 0.4) is 0 Å². The zero-order valence-electron chi connectivity index (χ0n) is 13.3. The first kappa shape index (κ1) is 16.2. The largest absolute Gasteiger partial charge is 0.356 e. The molecule has 118 valence electrons. The summed E-state index contributed by atoms with van der Waals surface area (Å²) in [7, 11) is -0.944. The third kappa shape index (κ3) is 4.68. The third-order valence-electron chi connectivity index (χ3n) is 3.75. The van der Waals surface area contributed by atoms with Crippen LogP contribution in [-0.4, -0.2) is 43.5 Å². The van der Waals surface area contributed by atoms with Crippen LogP contribution in [0.4, 0.5) is 5.82 Å². The Morgan fingerprint density at radius 1 is 1.38 bits per heavy atom. The lowest BCUT2D eigenvalue weighted by molar-refractivity contribution is 0.424. The highest BCUT2D eigenvalue weighted by molar-refractivity contribution is 7.91. The maximum absolute atomic E-state index is 11.6. The van der Waals surface area contributed by atoms with Gasteiger partial charge in [-0.15, -0.1) is 0 Å². The molecular weight excluding hydrogens is 286 g/mol. The summed E-state index contributed by atoms with van der Waals surface area (Å²) in [5.74, 6) is 1.35. The Balaban J connectivity index is 1.99. The van der Waals surface area contributed by atoms with Crippen molar-refractivity contribution in [2.24, 2.45) is 0 Å². The number of nitrogens with one attached hydrogen (secondary N) is 1. The topological polar surface area (TPSA) is 62.3 Å². The Kier molecular flexibility index (Phi) is 4.58. The van der Waals surface area contributed by atoms with E-state index in [-0.39, 0.29) is 23.1 Å². The molecule has 1 aromatic heterocycles. The molecule has 6 heteroatoms. The minimum atomic E-state index is -2.86. The van der Waals surface area contributed by atoms with Gasteiger partial charge in [-0.3, -0.25) is 0 Å². The molecule has 1 aliphatic rings. The van der Waals surface area contributed by atoms with Crippen LogP contribution in [0.15, 0.2) is 18.3 Å². The van der Waals surface area contributed by atoms with Gasteiger partial charge in [-0.25, -0.2) is 13.4 Å². The number of anilines is 1. The van der Waals surface area contributed by atoms with E-state index in [4.69, 9.17) is 0 Å². The highest BCUT2D eigenvalue weighted by Gasteiger charge is 2.31. The number of aromatic nitrogens is 1. The van der Waals surface area contributed by atoms with Crippen molar-refractivity contribution in [2.75, 3.05) is 23.5 Å². The molecule has 1 unspecified atom stereocenters. The maximum Gasteiger partial charge on any atom is 0.152 e. The predicted octanol–water partition coefficient (Wildman–Crippen LogP) is 1.59. The molecule has 1 aliphatic heterocycles. The van der Waals surface area contributed by atoms with Crippen LogP contribution in [0.1, 0.15) is 32.8 Å². The number of hydrogen-bond acceptors (Lipinski definition) is 5. The second-order valence-electron chi connectivity index (χ2n) is 6.80. The molecule has 0 radical (unpaired) electrons. The summed E-state index contributed by atoms with van der Waals surface area (Å²) in [5, 5.41) is 3.42. The number of nitrogens with zero attached hydrogens (tertiary/aromatic N) is 2. The molecule has 21 heavy (non-hydrogen) atoms. The fraction of sp³-hybridized carbons (Fsp3) is 0.667. The van der Waals surface area contributed by atoms with Gasteiger partial charge < -0.3 is 10.2 Å². The van der Waals surface area contributed by atoms with E-state index in [2.05, 4.69) is 31.1 Å². The number of rotatable bonds is 4. The summed E-state index contributed by atoms with van der Waals surface area (Å²) < 4.78 is 23.1. The molecule has 1 saturated heterocycles. The van der Waals surface area contributed by atoms with Gasteiger partial charge in [0, 0.05) is 31.4 Å². The summed E-state index contributed by atoms with van der Waals surface area (Å²) in [6.07, 6.45) is 2.54. The van der Waals surface area contributed by atoms with Gasteiger partial charge in [-0.1, -0.05) is 6.07 Å². The first-order valence-corrected chi connectivity index (χ1v) is 9.12. The first-order chi connectivity index (χ1) is 9.66. The van der Waals surface area contributed by atoms with Crippen molar-refractivity contribution in [1.29, 1.82) is 0 Å². The Morgan fingerprint density at radius 3 is 2.57 bits per heavy atom. The van der Waals surface area contributed by atoms with Crippen LogP contribution in [0, 0.1) is 0 Å². The van der Waals surface area contributed by atoms with Crippen LogP contribution in [0.5, 0.6) is 0 Å². The molecule has 0 aromatic carbocycles. The van der Waals surface area contributed by atoms with Crippen LogP contribution in [0.25, 0.3) is 0 Å². The molecule has 1 atom stereocenters. The SMILES string of the molecule is CN(c1ccc(CNC(C)(C)C)cn1)C1CCS(=O)(=O)C1. The third-order valence-corrected chi connectivity index (χ3v) is 5.50. The average molecular weight is 311 g/mol. The van der Waals surface area contributed by atoms with Crippen molar-refractivity contribution in [3.63, 3.8) is 0 Å². The van der Waals surface area contributed by atoms with Gasteiger partial charge in [-0.2, -0.15) is 0 Å². The summed E-state index contributed by atoms with van der Waals surface area (Å²) >= 11 is 0. The molecule has 2 rings (SSSR count). The van der Waals surface area contributed by atoms with Crippen molar-refractivity contribution in [3.05, 3.63) is 23.9 Å². The lowest BCUT2D eigenvalue weighted by Crippen LogP contribution is -2.35. The standard InChI is InChI=1S/C15H25N3O2S/c1-15(2,3)17-10-12-5-6-14(16-9-12)18(4)13-7-8-21(19,20)11-13/h5-6,9,13,17H,7-8,10-11H2,1-4H3. The molecule has 1 N–H and O–H groups in total. The highest BCUT2D eigenvalue weighted by atomic mass is 32.2. The van der Waals surface area contributed by atoms with Crippen molar-refractivity contribution in [2.45, 2.75) is 45.3 Å². The fourth-order valence-corrected chi connectivity index (χ4v) is 4.14. The van der Waals surface area contributed by atoms with Crippen LogP contribution in [-0.2, 0) is 16.4 Å². The van der Waals surface area contributed by atoms with E-state index >= 15 is 0 Å². The molecule has 1 fully saturated rings. The molecule has 0 bridgehead atoms. The quantitative estimate of drug-likeness (QED) is 0.915. The van der Waals surface area contributed by atoms with Gasteiger partial charge in [0.25, 0.3) is 0 Å². The maximum atomic E-state index is 11.6. The Bertz CT molecular complexity index is 576. The van der Waals surface area contributed by atoms with E-state index in [1.807, 2.05) is 30.3 Å². The lowest BCUT2D eigenvalue weighted by atomic mass is 10.1. The zero-order chi connectivity index (χ0) is 15.7. The van der Waals surface area contributed by atoms with Gasteiger partial charge in [0.1, 0.15) is 5.82 Å². The van der Waals surface area contributed by atoms with Gasteiger partial charge in [0.2, 0.25) is 0 Å². The van der Waals surface area contributed by atoms with Gasteiger partial charge in [0.15, 0.2) is 9.84 Å². The van der Waals surface area contributed by atoms with E-state index in [9.17, 15) is 8.42 Å². The molecule has 1 aromatic rings. The molecule has 0 amide bonds.